The molecule has 0 bridgehead atoms. The van der Waals surface area contributed by atoms with Crippen LogP contribution in [0.2, 0.25) is 0 Å². The van der Waals surface area contributed by atoms with E-state index in [1.54, 1.807) is 18.4 Å². The molecule has 3 heterocycles. The minimum absolute atomic E-state index is 0.0739. The molecule has 2 aromatic heterocycles. The Bertz CT molecular complexity index is 588. The van der Waals surface area contributed by atoms with Crippen LogP contribution in [0.1, 0.15) is 35.2 Å². The van der Waals surface area contributed by atoms with Gasteiger partial charge in [-0.1, -0.05) is 0 Å². The number of nitrogens with zero attached hydrogens (tertiary/aromatic N) is 1. The first-order chi connectivity index (χ1) is 10.2. The van der Waals surface area contributed by atoms with Crippen molar-refractivity contribution in [2.45, 2.75) is 18.9 Å². The van der Waals surface area contributed by atoms with Gasteiger partial charge in [-0.15, -0.1) is 0 Å². The first-order valence-electron chi connectivity index (χ1n) is 7.05. The maximum Gasteiger partial charge on any atom is 0.287 e. The minimum atomic E-state index is -0.212. The Kier molecular flexibility index (Phi) is 4.45. The lowest BCUT2D eigenvalue weighted by Gasteiger charge is -2.25. The van der Waals surface area contributed by atoms with Gasteiger partial charge in [0.05, 0.1) is 12.3 Å². The summed E-state index contributed by atoms with van der Waals surface area (Å²) in [7, 11) is 0. The van der Waals surface area contributed by atoms with E-state index in [0.717, 1.165) is 18.8 Å². The molecule has 0 radical (unpaired) electrons. The van der Waals surface area contributed by atoms with Crippen molar-refractivity contribution < 1.29 is 13.6 Å². The summed E-state index contributed by atoms with van der Waals surface area (Å²) in [5.41, 5.74) is 0. The molecule has 1 fully saturated rings. The van der Waals surface area contributed by atoms with E-state index in [2.05, 4.69) is 26.1 Å². The Balaban J connectivity index is 1.66. The van der Waals surface area contributed by atoms with Crippen molar-refractivity contribution in [3.05, 3.63) is 46.7 Å². The molecule has 2 aromatic rings. The molecule has 0 saturated carbocycles. The number of carbonyl (C=O) groups is 1. The van der Waals surface area contributed by atoms with Crippen LogP contribution in [0, 0.1) is 0 Å². The molecular formula is C15H17BrN2O3. The van der Waals surface area contributed by atoms with Gasteiger partial charge >= 0.3 is 0 Å². The average molecular weight is 353 g/mol. The first-order valence-corrected chi connectivity index (χ1v) is 7.84. The van der Waals surface area contributed by atoms with Crippen molar-refractivity contribution in [2.24, 2.45) is 0 Å². The van der Waals surface area contributed by atoms with Crippen LogP contribution in [0.25, 0.3) is 0 Å². The third-order valence-electron chi connectivity index (χ3n) is 3.71. The van der Waals surface area contributed by atoms with Crippen LogP contribution in [0.5, 0.6) is 0 Å². The smallest absolute Gasteiger partial charge is 0.287 e. The lowest BCUT2D eigenvalue weighted by molar-refractivity contribution is 0.0905. The molecule has 6 heteroatoms. The van der Waals surface area contributed by atoms with Crippen LogP contribution in [0.15, 0.2) is 44.0 Å². The monoisotopic (exact) mass is 352 g/mol. The van der Waals surface area contributed by atoms with E-state index in [9.17, 15) is 4.79 Å². The Morgan fingerprint density at radius 3 is 2.76 bits per heavy atom. The highest BCUT2D eigenvalue weighted by Gasteiger charge is 2.26. The highest BCUT2D eigenvalue weighted by molar-refractivity contribution is 9.10. The van der Waals surface area contributed by atoms with Gasteiger partial charge in [0.2, 0.25) is 0 Å². The van der Waals surface area contributed by atoms with Gasteiger partial charge in [-0.2, -0.15) is 0 Å². The van der Waals surface area contributed by atoms with Crippen molar-refractivity contribution >= 4 is 21.8 Å². The van der Waals surface area contributed by atoms with Crippen LogP contribution in [-0.4, -0.2) is 30.4 Å². The molecule has 1 amide bonds. The summed E-state index contributed by atoms with van der Waals surface area (Å²) in [5.74, 6) is 0.982. The number of nitrogens with one attached hydrogen (secondary N) is 1. The second-order valence-corrected chi connectivity index (χ2v) is 5.87. The molecule has 5 nitrogen and oxygen atoms in total. The summed E-state index contributed by atoms with van der Waals surface area (Å²) < 4.78 is 11.3. The molecule has 1 atom stereocenters. The molecule has 0 spiro atoms. The van der Waals surface area contributed by atoms with Crippen LogP contribution < -0.4 is 5.32 Å². The largest absolute Gasteiger partial charge is 0.468 e. The normalized spacial score (nSPS) is 17.0. The van der Waals surface area contributed by atoms with E-state index in [1.165, 1.54) is 12.8 Å². The maximum atomic E-state index is 12.1. The summed E-state index contributed by atoms with van der Waals surface area (Å²) >= 11 is 3.20. The standard InChI is InChI=1S/C15H17BrN2O3/c16-14-6-5-13(21-14)15(19)17-10-11(12-4-3-9-20-12)18-7-1-2-8-18/h3-6,9,11H,1-2,7-8,10H2,(H,17,19)/t11-/m0/s1. The number of furan rings is 2. The van der Waals surface area contributed by atoms with Crippen LogP contribution in [0.4, 0.5) is 0 Å². The Morgan fingerprint density at radius 1 is 1.33 bits per heavy atom. The van der Waals surface area contributed by atoms with Crippen LogP contribution in [-0.2, 0) is 0 Å². The second-order valence-electron chi connectivity index (χ2n) is 5.09. The van der Waals surface area contributed by atoms with E-state index >= 15 is 0 Å². The predicted molar refractivity (Wildman–Crippen MR) is 81.0 cm³/mol. The average Bonchev–Trinajstić information content (AvgIpc) is 3.21. The number of hydrogen-bond donors (Lipinski definition) is 1. The fourth-order valence-electron chi connectivity index (χ4n) is 2.66. The van der Waals surface area contributed by atoms with Crippen molar-refractivity contribution in [1.29, 1.82) is 0 Å². The first kappa shape index (κ1) is 14.4. The zero-order chi connectivity index (χ0) is 14.7. The zero-order valence-electron chi connectivity index (χ0n) is 11.5. The fraction of sp³-hybridized carbons (Fsp3) is 0.400. The van der Waals surface area contributed by atoms with Crippen molar-refractivity contribution in [2.75, 3.05) is 19.6 Å². The Hall–Kier alpha value is -1.53. The van der Waals surface area contributed by atoms with Gasteiger partial charge in [0.25, 0.3) is 5.91 Å². The zero-order valence-corrected chi connectivity index (χ0v) is 13.1. The molecule has 0 unspecified atom stereocenters. The quantitative estimate of drug-likeness (QED) is 0.897. The van der Waals surface area contributed by atoms with Crippen molar-refractivity contribution in [3.8, 4) is 0 Å². The van der Waals surface area contributed by atoms with Gasteiger partial charge in [0.15, 0.2) is 10.4 Å². The van der Waals surface area contributed by atoms with Gasteiger partial charge in [0.1, 0.15) is 5.76 Å². The van der Waals surface area contributed by atoms with Crippen molar-refractivity contribution in [1.82, 2.24) is 10.2 Å². The second kappa shape index (κ2) is 6.49. The van der Waals surface area contributed by atoms with Crippen LogP contribution >= 0.6 is 15.9 Å². The predicted octanol–water partition coefficient (Wildman–Crippen LogP) is 3.20. The van der Waals surface area contributed by atoms with E-state index in [4.69, 9.17) is 8.83 Å². The molecule has 1 aliphatic heterocycles. The van der Waals surface area contributed by atoms with Crippen molar-refractivity contribution in [3.63, 3.8) is 0 Å². The third kappa shape index (κ3) is 3.39. The van der Waals surface area contributed by atoms with Gasteiger partial charge in [-0.25, -0.2) is 0 Å². The number of halogens is 1. The topological polar surface area (TPSA) is 58.6 Å². The summed E-state index contributed by atoms with van der Waals surface area (Å²) in [4.78, 5) is 14.4. The van der Waals surface area contributed by atoms with Gasteiger partial charge in [0, 0.05) is 6.54 Å². The lowest BCUT2D eigenvalue weighted by atomic mass is 10.2. The van der Waals surface area contributed by atoms with E-state index < -0.39 is 0 Å². The summed E-state index contributed by atoms with van der Waals surface area (Å²) in [6.45, 7) is 2.58. The molecule has 0 aromatic carbocycles. The van der Waals surface area contributed by atoms with Gasteiger partial charge < -0.3 is 14.2 Å². The summed E-state index contributed by atoms with van der Waals surface area (Å²) in [6.07, 6.45) is 4.05. The number of likely N-dealkylation sites (tertiary alicyclic amines) is 1. The number of hydrogen-bond acceptors (Lipinski definition) is 4. The molecular weight excluding hydrogens is 336 g/mol. The molecule has 112 valence electrons. The lowest BCUT2D eigenvalue weighted by Crippen LogP contribution is -2.36. The summed E-state index contributed by atoms with van der Waals surface area (Å²) in [5, 5.41) is 2.92. The van der Waals surface area contributed by atoms with Gasteiger partial charge in [-0.05, 0) is 66.1 Å². The molecule has 21 heavy (non-hydrogen) atoms. The highest BCUT2D eigenvalue weighted by Crippen LogP contribution is 2.25. The number of rotatable bonds is 5. The molecule has 1 aliphatic rings. The van der Waals surface area contributed by atoms with Gasteiger partial charge in [-0.3, -0.25) is 9.69 Å². The van der Waals surface area contributed by atoms with E-state index in [1.807, 2.05) is 12.1 Å². The van der Waals surface area contributed by atoms with Crippen LogP contribution in [0.3, 0.4) is 0 Å². The SMILES string of the molecule is O=C(NC[C@@H](c1ccco1)N1CCCC1)c1ccc(Br)o1. The van der Waals surface area contributed by atoms with E-state index in [-0.39, 0.29) is 11.9 Å². The Morgan fingerprint density at radius 2 is 2.14 bits per heavy atom. The molecule has 3 rings (SSSR count). The fourth-order valence-corrected chi connectivity index (χ4v) is 2.96. The highest BCUT2D eigenvalue weighted by atomic mass is 79.9. The molecule has 1 N–H and O–H groups in total. The molecule has 1 saturated heterocycles. The molecule has 0 aliphatic carbocycles. The number of amides is 1. The minimum Gasteiger partial charge on any atom is -0.468 e. The number of carbonyl (C=O) groups excluding carboxylic acids is 1. The third-order valence-corrected chi connectivity index (χ3v) is 4.13. The summed E-state index contributed by atoms with van der Waals surface area (Å²) in [6, 6.07) is 7.27. The maximum absolute atomic E-state index is 12.1. The Labute approximate surface area is 131 Å². The van der Waals surface area contributed by atoms with E-state index in [0.29, 0.717) is 17.0 Å².